The number of halogens is 4. The van der Waals surface area contributed by atoms with Crippen LogP contribution in [0, 0.1) is 15.2 Å². The summed E-state index contributed by atoms with van der Waals surface area (Å²) in [4.78, 5) is 17.4. The number of nitrogens with one attached hydrogen (secondary N) is 2. The number of anilines is 2. The molecule has 0 aliphatic heterocycles. The lowest BCUT2D eigenvalue weighted by atomic mass is 10.1. The molecule has 2 rings (SSSR count). The molecule has 3 N–H and O–H groups in total. The van der Waals surface area contributed by atoms with Crippen molar-refractivity contribution in [1.82, 2.24) is 5.48 Å². The smallest absolute Gasteiger partial charge is 0.277 e. The normalized spacial score (nSPS) is 11.9. The SMILES string of the molecule is CCC(CO)ONC(=O)c1ccc(F)c(F)c1Nc1ccc(I)cc1Cl. The maximum absolute atomic E-state index is 14.3. The molecule has 9 heteroatoms. The zero-order valence-electron chi connectivity index (χ0n) is 13.7. The first-order valence-electron chi connectivity index (χ1n) is 7.64. The molecule has 5 nitrogen and oxygen atoms in total. The van der Waals surface area contributed by atoms with Crippen molar-refractivity contribution < 1.29 is 23.5 Å². The van der Waals surface area contributed by atoms with Crippen molar-refractivity contribution in [2.75, 3.05) is 11.9 Å². The summed E-state index contributed by atoms with van der Waals surface area (Å²) in [6, 6.07) is 6.92. The van der Waals surface area contributed by atoms with Crippen LogP contribution in [0.4, 0.5) is 20.2 Å². The maximum Gasteiger partial charge on any atom is 0.277 e. The maximum atomic E-state index is 14.3. The topological polar surface area (TPSA) is 70.6 Å². The summed E-state index contributed by atoms with van der Waals surface area (Å²) in [5.74, 6) is -3.13. The monoisotopic (exact) mass is 496 g/mol. The first kappa shape index (κ1) is 20.8. The molecule has 1 atom stereocenters. The standard InChI is InChI=1S/C17H16ClF2IN2O3/c1-2-10(8-24)26-23-17(25)11-4-5-13(19)15(20)16(11)22-14-6-3-9(21)7-12(14)18/h3-7,10,22,24H,2,8H2,1H3,(H,23,25). The number of hydroxylamine groups is 1. The van der Waals surface area contributed by atoms with E-state index in [4.69, 9.17) is 21.5 Å². The Labute approximate surface area is 167 Å². The summed E-state index contributed by atoms with van der Waals surface area (Å²) in [6.45, 7) is 1.47. The fraction of sp³-hybridized carbons (Fsp3) is 0.235. The molecule has 0 aliphatic rings. The Hall–Kier alpha value is -1.49. The molecule has 1 unspecified atom stereocenters. The lowest BCUT2D eigenvalue weighted by molar-refractivity contribution is -0.0408. The minimum absolute atomic E-state index is 0.175. The second-order valence-corrected chi connectivity index (χ2v) is 6.95. The second kappa shape index (κ2) is 9.45. The number of rotatable bonds is 7. The van der Waals surface area contributed by atoms with Crippen molar-refractivity contribution >= 4 is 51.5 Å². The summed E-state index contributed by atoms with van der Waals surface area (Å²) in [5.41, 5.74) is 1.90. The van der Waals surface area contributed by atoms with Gasteiger partial charge in [0.2, 0.25) is 0 Å². The molecular weight excluding hydrogens is 481 g/mol. The van der Waals surface area contributed by atoms with E-state index >= 15 is 0 Å². The molecule has 0 aliphatic carbocycles. The van der Waals surface area contributed by atoms with E-state index in [-0.39, 0.29) is 22.9 Å². The van der Waals surface area contributed by atoms with E-state index in [1.165, 1.54) is 0 Å². The molecule has 0 aromatic heterocycles. The molecule has 140 valence electrons. The van der Waals surface area contributed by atoms with E-state index in [9.17, 15) is 13.6 Å². The number of aliphatic hydroxyl groups is 1. The van der Waals surface area contributed by atoms with E-state index in [0.717, 1.165) is 15.7 Å². The summed E-state index contributed by atoms with van der Waals surface area (Å²) >= 11 is 8.17. The summed E-state index contributed by atoms with van der Waals surface area (Å²) < 4.78 is 28.8. The highest BCUT2D eigenvalue weighted by Crippen LogP contribution is 2.31. The van der Waals surface area contributed by atoms with E-state index in [2.05, 4.69) is 33.4 Å². The van der Waals surface area contributed by atoms with Gasteiger partial charge in [-0.3, -0.25) is 9.63 Å². The third-order valence-electron chi connectivity index (χ3n) is 3.51. The van der Waals surface area contributed by atoms with Gasteiger partial charge in [0.1, 0.15) is 6.10 Å². The summed E-state index contributed by atoms with van der Waals surface area (Å²) in [5, 5.41) is 12.0. The Bertz CT molecular complexity index is 804. The number of amides is 1. The van der Waals surface area contributed by atoms with Gasteiger partial charge < -0.3 is 10.4 Å². The van der Waals surface area contributed by atoms with Gasteiger partial charge in [0.05, 0.1) is 28.6 Å². The predicted molar refractivity (Wildman–Crippen MR) is 104 cm³/mol. The Morgan fingerprint density at radius 3 is 2.69 bits per heavy atom. The van der Waals surface area contributed by atoms with E-state index in [1.807, 2.05) is 0 Å². The molecule has 0 spiro atoms. The molecule has 26 heavy (non-hydrogen) atoms. The van der Waals surface area contributed by atoms with Gasteiger partial charge in [-0.15, -0.1) is 0 Å². The van der Waals surface area contributed by atoms with Crippen LogP contribution in [-0.4, -0.2) is 23.7 Å². The van der Waals surface area contributed by atoms with Gasteiger partial charge in [0.25, 0.3) is 5.91 Å². The van der Waals surface area contributed by atoms with Gasteiger partial charge in [-0.05, 0) is 59.3 Å². The molecule has 0 heterocycles. The lowest BCUT2D eigenvalue weighted by Crippen LogP contribution is -2.31. The van der Waals surface area contributed by atoms with Crippen LogP contribution in [0.1, 0.15) is 23.7 Å². The average Bonchev–Trinajstić information content (AvgIpc) is 2.61. The van der Waals surface area contributed by atoms with Crippen molar-refractivity contribution in [2.24, 2.45) is 0 Å². The molecular formula is C17H16ClF2IN2O3. The van der Waals surface area contributed by atoms with E-state index in [1.54, 1.807) is 25.1 Å². The number of carbonyl (C=O) groups excluding carboxylic acids is 1. The average molecular weight is 497 g/mol. The highest BCUT2D eigenvalue weighted by atomic mass is 127. The Balaban J connectivity index is 2.32. The third kappa shape index (κ3) is 5.03. The zero-order chi connectivity index (χ0) is 19.3. The molecule has 1 amide bonds. The highest BCUT2D eigenvalue weighted by Gasteiger charge is 2.21. The highest BCUT2D eigenvalue weighted by molar-refractivity contribution is 14.1. The Morgan fingerprint density at radius 1 is 1.35 bits per heavy atom. The number of aliphatic hydroxyl groups excluding tert-OH is 1. The number of benzene rings is 2. The third-order valence-corrected chi connectivity index (χ3v) is 4.49. The fourth-order valence-electron chi connectivity index (χ4n) is 2.03. The van der Waals surface area contributed by atoms with Crippen LogP contribution in [0.5, 0.6) is 0 Å². The Kier molecular flexibility index (Phi) is 7.56. The molecule has 0 fully saturated rings. The van der Waals surface area contributed by atoms with Gasteiger partial charge in [-0.1, -0.05) is 18.5 Å². The Morgan fingerprint density at radius 2 is 2.08 bits per heavy atom. The molecule has 0 bridgehead atoms. The van der Waals surface area contributed by atoms with Crippen molar-refractivity contribution in [3.8, 4) is 0 Å². The predicted octanol–water partition coefficient (Wildman–Crippen LogP) is 4.40. The molecule has 0 saturated heterocycles. The molecule has 0 saturated carbocycles. The summed E-state index contributed by atoms with van der Waals surface area (Å²) in [6.07, 6.45) is -0.149. The van der Waals surface area contributed by atoms with Crippen LogP contribution in [0.25, 0.3) is 0 Å². The number of carbonyl (C=O) groups is 1. The minimum Gasteiger partial charge on any atom is -0.394 e. The molecule has 0 radical (unpaired) electrons. The van der Waals surface area contributed by atoms with Crippen LogP contribution < -0.4 is 10.8 Å². The largest absolute Gasteiger partial charge is 0.394 e. The molecule has 2 aromatic rings. The van der Waals surface area contributed by atoms with Gasteiger partial charge in [0, 0.05) is 3.57 Å². The van der Waals surface area contributed by atoms with Crippen LogP contribution >= 0.6 is 34.2 Å². The minimum atomic E-state index is -1.22. The quantitative estimate of drug-likeness (QED) is 0.393. The van der Waals surface area contributed by atoms with Crippen molar-refractivity contribution in [3.63, 3.8) is 0 Å². The van der Waals surface area contributed by atoms with Gasteiger partial charge in [-0.2, -0.15) is 0 Å². The summed E-state index contributed by atoms with van der Waals surface area (Å²) in [7, 11) is 0. The number of hydrogen-bond acceptors (Lipinski definition) is 4. The number of hydrogen-bond donors (Lipinski definition) is 3. The second-order valence-electron chi connectivity index (χ2n) is 5.29. The van der Waals surface area contributed by atoms with Crippen LogP contribution in [0.2, 0.25) is 5.02 Å². The zero-order valence-corrected chi connectivity index (χ0v) is 16.6. The van der Waals surface area contributed by atoms with Crippen molar-refractivity contribution in [1.29, 1.82) is 0 Å². The van der Waals surface area contributed by atoms with Crippen molar-refractivity contribution in [2.45, 2.75) is 19.4 Å². The van der Waals surface area contributed by atoms with Crippen LogP contribution in [0.3, 0.4) is 0 Å². The lowest BCUT2D eigenvalue weighted by Gasteiger charge is -2.16. The van der Waals surface area contributed by atoms with E-state index < -0.39 is 23.6 Å². The van der Waals surface area contributed by atoms with Gasteiger partial charge >= 0.3 is 0 Å². The fourth-order valence-corrected chi connectivity index (χ4v) is 2.93. The molecule has 2 aromatic carbocycles. The van der Waals surface area contributed by atoms with Gasteiger partial charge in [-0.25, -0.2) is 14.3 Å². The van der Waals surface area contributed by atoms with Crippen molar-refractivity contribution in [3.05, 3.63) is 56.1 Å². The van der Waals surface area contributed by atoms with Crippen LogP contribution in [-0.2, 0) is 4.84 Å². The first-order valence-corrected chi connectivity index (χ1v) is 9.10. The van der Waals surface area contributed by atoms with Crippen LogP contribution in [0.15, 0.2) is 30.3 Å². The van der Waals surface area contributed by atoms with E-state index in [0.29, 0.717) is 12.1 Å². The van der Waals surface area contributed by atoms with Gasteiger partial charge in [0.15, 0.2) is 11.6 Å². The first-order chi connectivity index (χ1) is 12.4.